The lowest BCUT2D eigenvalue weighted by molar-refractivity contribution is 0.106. The Balaban J connectivity index is 1.72. The van der Waals surface area contributed by atoms with Crippen LogP contribution in [-0.2, 0) is 13.1 Å². The number of β-amino-alcohol motifs (C(OH)–C–C–N with tert-alkyl or cyclic N) is 1. The van der Waals surface area contributed by atoms with Gasteiger partial charge in [-0.25, -0.2) is 4.98 Å². The van der Waals surface area contributed by atoms with Crippen molar-refractivity contribution in [1.29, 1.82) is 0 Å². The van der Waals surface area contributed by atoms with Crippen LogP contribution in [0.1, 0.15) is 19.2 Å². The molecule has 0 amide bonds. The smallest absolute Gasteiger partial charge is 0.124 e. The highest BCUT2D eigenvalue weighted by Crippen LogP contribution is 2.18. The van der Waals surface area contributed by atoms with Gasteiger partial charge in [0.05, 0.1) is 24.2 Å². The Hall–Kier alpha value is -1.43. The first kappa shape index (κ1) is 15.5. The van der Waals surface area contributed by atoms with Crippen molar-refractivity contribution in [2.24, 2.45) is 0 Å². The molecule has 1 aliphatic rings. The molecule has 120 valence electrons. The van der Waals surface area contributed by atoms with Crippen molar-refractivity contribution in [3.8, 4) is 0 Å². The number of benzene rings is 1. The highest BCUT2D eigenvalue weighted by Gasteiger charge is 2.19. The zero-order valence-electron chi connectivity index (χ0n) is 13.4. The van der Waals surface area contributed by atoms with Gasteiger partial charge in [-0.2, -0.15) is 0 Å². The molecular weight excluding hydrogens is 276 g/mol. The molecule has 1 aromatic carbocycles. The second-order valence-corrected chi connectivity index (χ2v) is 6.01. The molecule has 3 rings (SSSR count). The predicted octanol–water partition coefficient (Wildman–Crippen LogP) is 1.56. The van der Waals surface area contributed by atoms with Gasteiger partial charge in [-0.15, -0.1) is 0 Å². The van der Waals surface area contributed by atoms with Gasteiger partial charge in [0.25, 0.3) is 0 Å². The fourth-order valence-corrected chi connectivity index (χ4v) is 3.23. The normalized spacial score (nSPS) is 17.4. The molecule has 0 spiro atoms. The zero-order chi connectivity index (χ0) is 15.4. The lowest BCUT2D eigenvalue weighted by Gasteiger charge is -2.34. The van der Waals surface area contributed by atoms with Gasteiger partial charge < -0.3 is 9.67 Å². The van der Waals surface area contributed by atoms with Gasteiger partial charge in [0, 0.05) is 39.3 Å². The summed E-state index contributed by atoms with van der Waals surface area (Å²) in [5.74, 6) is 1.18. The third-order valence-electron chi connectivity index (χ3n) is 4.43. The van der Waals surface area contributed by atoms with Gasteiger partial charge in [-0.05, 0) is 18.6 Å². The summed E-state index contributed by atoms with van der Waals surface area (Å²) in [6.07, 6.45) is 1.12. The minimum absolute atomic E-state index is 0.256. The van der Waals surface area contributed by atoms with E-state index in [0.717, 1.165) is 57.8 Å². The Bertz CT molecular complexity index is 602. The Morgan fingerprint density at radius 1 is 1.05 bits per heavy atom. The molecule has 5 nitrogen and oxygen atoms in total. The topological polar surface area (TPSA) is 44.5 Å². The van der Waals surface area contributed by atoms with E-state index in [9.17, 15) is 0 Å². The fraction of sp³-hybridized carbons (Fsp3) is 0.588. The molecule has 0 radical (unpaired) electrons. The number of aromatic nitrogens is 2. The summed E-state index contributed by atoms with van der Waals surface area (Å²) in [6, 6.07) is 8.42. The maximum atomic E-state index is 9.03. The predicted molar refractivity (Wildman–Crippen MR) is 88.8 cm³/mol. The van der Waals surface area contributed by atoms with E-state index in [1.807, 2.05) is 0 Å². The Kier molecular flexibility index (Phi) is 5.08. The lowest BCUT2D eigenvalue weighted by atomic mass is 10.3. The molecular formula is C17H26N4O. The summed E-state index contributed by atoms with van der Waals surface area (Å²) in [5.41, 5.74) is 2.35. The van der Waals surface area contributed by atoms with Crippen molar-refractivity contribution in [1.82, 2.24) is 19.4 Å². The van der Waals surface area contributed by atoms with Gasteiger partial charge in [0.15, 0.2) is 0 Å². The molecule has 0 atom stereocenters. The minimum atomic E-state index is 0.256. The average molecular weight is 302 g/mol. The van der Waals surface area contributed by atoms with Crippen LogP contribution in [0.2, 0.25) is 0 Å². The second kappa shape index (κ2) is 7.22. The molecule has 1 saturated heterocycles. The zero-order valence-corrected chi connectivity index (χ0v) is 13.4. The molecule has 0 aliphatic carbocycles. The summed E-state index contributed by atoms with van der Waals surface area (Å²) in [4.78, 5) is 9.65. The van der Waals surface area contributed by atoms with Gasteiger partial charge >= 0.3 is 0 Å². The Labute approximate surface area is 132 Å². The van der Waals surface area contributed by atoms with E-state index >= 15 is 0 Å². The van der Waals surface area contributed by atoms with Crippen molar-refractivity contribution in [2.75, 3.05) is 39.3 Å². The number of piperazine rings is 1. The van der Waals surface area contributed by atoms with Crippen molar-refractivity contribution >= 4 is 11.0 Å². The standard InChI is InChI=1S/C17H26N4O/c1-2-7-21-16-6-4-3-5-15(16)18-17(21)14-20-10-8-19(9-11-20)12-13-22/h3-6,22H,2,7-14H2,1H3. The van der Waals surface area contributed by atoms with Crippen molar-refractivity contribution in [3.05, 3.63) is 30.1 Å². The molecule has 0 bridgehead atoms. The third kappa shape index (κ3) is 3.32. The maximum Gasteiger partial charge on any atom is 0.124 e. The summed E-state index contributed by atoms with van der Waals surface area (Å²) < 4.78 is 2.37. The lowest BCUT2D eigenvalue weighted by Crippen LogP contribution is -2.46. The summed E-state index contributed by atoms with van der Waals surface area (Å²) in [6.45, 7) is 9.39. The number of aliphatic hydroxyl groups excluding tert-OH is 1. The van der Waals surface area contributed by atoms with E-state index in [-0.39, 0.29) is 6.61 Å². The van der Waals surface area contributed by atoms with Crippen LogP contribution >= 0.6 is 0 Å². The van der Waals surface area contributed by atoms with Crippen LogP contribution in [0.15, 0.2) is 24.3 Å². The molecule has 2 aromatic rings. The van der Waals surface area contributed by atoms with E-state index in [1.54, 1.807) is 0 Å². The first-order valence-corrected chi connectivity index (χ1v) is 8.31. The Morgan fingerprint density at radius 3 is 2.50 bits per heavy atom. The van der Waals surface area contributed by atoms with Gasteiger partial charge in [-0.1, -0.05) is 19.1 Å². The summed E-state index contributed by atoms with van der Waals surface area (Å²) in [7, 11) is 0. The van der Waals surface area contributed by atoms with E-state index in [4.69, 9.17) is 10.1 Å². The quantitative estimate of drug-likeness (QED) is 0.879. The van der Waals surface area contributed by atoms with E-state index in [2.05, 4.69) is 45.6 Å². The molecule has 5 heteroatoms. The largest absolute Gasteiger partial charge is 0.395 e. The number of para-hydroxylation sites is 2. The van der Waals surface area contributed by atoms with Crippen LogP contribution in [0.3, 0.4) is 0 Å². The van der Waals surface area contributed by atoms with Crippen molar-refractivity contribution in [2.45, 2.75) is 26.4 Å². The van der Waals surface area contributed by atoms with Crippen molar-refractivity contribution in [3.63, 3.8) is 0 Å². The summed E-state index contributed by atoms with van der Waals surface area (Å²) >= 11 is 0. The molecule has 1 N–H and O–H groups in total. The van der Waals surface area contributed by atoms with Crippen LogP contribution in [0.4, 0.5) is 0 Å². The number of aryl methyl sites for hydroxylation is 1. The molecule has 0 saturated carbocycles. The number of hydrogen-bond acceptors (Lipinski definition) is 4. The molecule has 22 heavy (non-hydrogen) atoms. The van der Waals surface area contributed by atoms with Crippen LogP contribution in [0.5, 0.6) is 0 Å². The van der Waals surface area contributed by atoms with E-state index in [0.29, 0.717) is 0 Å². The molecule has 0 unspecified atom stereocenters. The first-order valence-electron chi connectivity index (χ1n) is 8.31. The number of imidazole rings is 1. The van der Waals surface area contributed by atoms with Gasteiger partial charge in [0.2, 0.25) is 0 Å². The number of rotatable bonds is 6. The van der Waals surface area contributed by atoms with Crippen LogP contribution in [0.25, 0.3) is 11.0 Å². The minimum Gasteiger partial charge on any atom is -0.395 e. The fourth-order valence-electron chi connectivity index (χ4n) is 3.23. The third-order valence-corrected chi connectivity index (χ3v) is 4.43. The molecule has 2 heterocycles. The second-order valence-electron chi connectivity index (χ2n) is 6.01. The Morgan fingerprint density at radius 2 is 1.77 bits per heavy atom. The number of fused-ring (bicyclic) bond motifs is 1. The van der Waals surface area contributed by atoms with Crippen LogP contribution in [-0.4, -0.2) is 63.8 Å². The number of hydrogen-bond donors (Lipinski definition) is 1. The monoisotopic (exact) mass is 302 g/mol. The highest BCUT2D eigenvalue weighted by atomic mass is 16.3. The van der Waals surface area contributed by atoms with Crippen molar-refractivity contribution < 1.29 is 5.11 Å². The van der Waals surface area contributed by atoms with Crippen LogP contribution in [0, 0.1) is 0 Å². The summed E-state index contributed by atoms with van der Waals surface area (Å²) in [5, 5.41) is 9.03. The highest BCUT2D eigenvalue weighted by molar-refractivity contribution is 5.75. The van der Waals surface area contributed by atoms with Gasteiger partial charge in [0.1, 0.15) is 5.82 Å². The SMILES string of the molecule is CCCn1c(CN2CCN(CCO)CC2)nc2ccccc21. The maximum absolute atomic E-state index is 9.03. The number of aliphatic hydroxyl groups is 1. The van der Waals surface area contributed by atoms with Crippen LogP contribution < -0.4 is 0 Å². The average Bonchev–Trinajstić information content (AvgIpc) is 2.88. The van der Waals surface area contributed by atoms with E-state index < -0.39 is 0 Å². The van der Waals surface area contributed by atoms with E-state index in [1.165, 1.54) is 11.3 Å². The first-order chi connectivity index (χ1) is 10.8. The molecule has 1 fully saturated rings. The number of nitrogens with zero attached hydrogens (tertiary/aromatic N) is 4. The molecule has 1 aliphatic heterocycles. The molecule has 1 aromatic heterocycles. The van der Waals surface area contributed by atoms with Gasteiger partial charge in [-0.3, -0.25) is 9.80 Å².